The van der Waals surface area contributed by atoms with Gasteiger partial charge < -0.3 is 34.5 Å². The van der Waals surface area contributed by atoms with Crippen LogP contribution in [0.15, 0.2) is 94.7 Å². The molecule has 4 N–H and O–H groups in total. The first-order chi connectivity index (χ1) is 20.0. The van der Waals surface area contributed by atoms with Gasteiger partial charge in [-0.05, 0) is 59.7 Å². The summed E-state index contributed by atoms with van der Waals surface area (Å²) in [6, 6.07) is 18.5. The van der Waals surface area contributed by atoms with Crippen molar-refractivity contribution in [1.82, 2.24) is 0 Å². The Morgan fingerprint density at radius 3 is 1.43 bits per heavy atom. The number of ether oxygens (including phenoxy) is 2. The number of rotatable bonds is 10. The molecule has 0 saturated heterocycles. The second-order valence-electron chi connectivity index (χ2n) is 8.78. The molecule has 0 radical (unpaired) electrons. The molecule has 4 aromatic rings. The van der Waals surface area contributed by atoms with Crippen LogP contribution in [0.2, 0.25) is 0 Å². The third-order valence-electron chi connectivity index (χ3n) is 5.92. The number of hydrogen-bond acceptors (Lipinski definition) is 9. The van der Waals surface area contributed by atoms with E-state index in [1.807, 2.05) is 0 Å². The average molecular weight is 591 g/mol. The predicted octanol–water partition coefficient (Wildman–Crippen LogP) is 4.37. The summed E-state index contributed by atoms with van der Waals surface area (Å²) in [4.78, 5) is 49.1. The molecule has 11 nitrogen and oxygen atoms in total. The molecule has 0 aromatic heterocycles. The average Bonchev–Trinajstić information content (AvgIpc) is 2.99. The first kappa shape index (κ1) is 29.6. The summed E-state index contributed by atoms with van der Waals surface area (Å²) in [5.41, 5.74) is -0.461. The van der Waals surface area contributed by atoms with Crippen molar-refractivity contribution in [2.24, 2.45) is 0 Å². The van der Waals surface area contributed by atoms with Crippen LogP contribution < -0.4 is 0 Å². The highest BCUT2D eigenvalue weighted by Crippen LogP contribution is 2.27. The number of aromatic carboxylic acids is 2. The van der Waals surface area contributed by atoms with Gasteiger partial charge in [0.25, 0.3) is 0 Å². The van der Waals surface area contributed by atoms with E-state index in [1.54, 1.807) is 0 Å². The Kier molecular flexibility index (Phi) is 9.10. The number of phenols is 2. The zero-order chi connectivity index (χ0) is 30.4. The molecule has 0 bridgehead atoms. The normalized spacial score (nSPS) is 11.4. The molecule has 42 heavy (non-hydrogen) atoms. The Morgan fingerprint density at radius 1 is 0.571 bits per heavy atom. The minimum atomic E-state index is -2.09. The highest BCUT2D eigenvalue weighted by molar-refractivity contribution is 7.91. The second-order valence-corrected chi connectivity index (χ2v) is 10.3. The van der Waals surface area contributed by atoms with E-state index < -0.39 is 46.2 Å². The highest BCUT2D eigenvalue weighted by Gasteiger charge is 2.26. The summed E-state index contributed by atoms with van der Waals surface area (Å²) < 4.78 is 23.8. The summed E-state index contributed by atoms with van der Waals surface area (Å²) >= 11 is -2.09. The van der Waals surface area contributed by atoms with Gasteiger partial charge in [0.05, 0.1) is 22.3 Å². The molecule has 0 aliphatic heterocycles. The van der Waals surface area contributed by atoms with Crippen LogP contribution >= 0.6 is 0 Å². The maximum absolute atomic E-state index is 13.4. The molecule has 0 spiro atoms. The topological polar surface area (TPSA) is 191 Å². The van der Waals surface area contributed by atoms with Gasteiger partial charge in [0.15, 0.2) is 9.79 Å². The van der Waals surface area contributed by atoms with Gasteiger partial charge in [-0.25, -0.2) is 19.2 Å². The quantitative estimate of drug-likeness (QED) is 0.151. The molecular formula is C30H22O11S. The third-order valence-corrected chi connectivity index (χ3v) is 7.29. The summed E-state index contributed by atoms with van der Waals surface area (Å²) in [5.74, 6) is -4.81. The van der Waals surface area contributed by atoms with Crippen molar-refractivity contribution >= 4 is 35.1 Å². The van der Waals surface area contributed by atoms with Gasteiger partial charge in [-0.1, -0.05) is 24.3 Å². The molecule has 0 saturated carbocycles. The number of esters is 2. The van der Waals surface area contributed by atoms with Gasteiger partial charge in [-0.15, -0.1) is 0 Å². The van der Waals surface area contributed by atoms with Crippen molar-refractivity contribution in [2.75, 3.05) is 0 Å². The molecule has 1 unspecified atom stereocenters. The number of phenolic OH excluding ortho intramolecular Hbond substituents is 2. The van der Waals surface area contributed by atoms with Crippen LogP contribution in [0.3, 0.4) is 0 Å². The van der Waals surface area contributed by atoms with Crippen LogP contribution in [0.1, 0.15) is 52.6 Å². The lowest BCUT2D eigenvalue weighted by Crippen LogP contribution is -2.15. The number of aromatic hydroxyl groups is 2. The van der Waals surface area contributed by atoms with Gasteiger partial charge in [0.1, 0.15) is 24.7 Å². The molecular weight excluding hydrogens is 568 g/mol. The molecule has 0 heterocycles. The molecule has 0 amide bonds. The zero-order valence-corrected chi connectivity index (χ0v) is 22.4. The minimum Gasteiger partial charge on any atom is -0.606 e. The SMILES string of the molecule is O=C(O)c1cc([S+]([O-])c2ccc(C(=O)O)c(C(=O)OCc3ccc(O)cc3)c2)ccc1C(=O)OCc1ccc(O)cc1. The monoisotopic (exact) mass is 590 g/mol. The maximum Gasteiger partial charge on any atom is 0.339 e. The standard InChI is InChI=1S/C30H22O11S/c31-19-5-1-17(2-6-19)15-40-29(37)24-12-10-21(13-25(24)28(35)36)42(39)22-9-11-23(27(33)34)26(14-22)30(38)41-16-18-3-7-20(32)8-4-18/h1-14,31-32H,15-16H2,(H,33,34)(H,35,36). The van der Waals surface area contributed by atoms with Crippen molar-refractivity contribution < 1.29 is 53.6 Å². The molecule has 0 fully saturated rings. The summed E-state index contributed by atoms with van der Waals surface area (Å²) in [7, 11) is 0. The van der Waals surface area contributed by atoms with Crippen LogP contribution in [0.4, 0.5) is 0 Å². The Labute approximate surface area is 241 Å². The van der Waals surface area contributed by atoms with E-state index in [4.69, 9.17) is 9.47 Å². The second kappa shape index (κ2) is 12.9. The fourth-order valence-electron chi connectivity index (χ4n) is 3.76. The van der Waals surface area contributed by atoms with Gasteiger partial charge >= 0.3 is 23.9 Å². The van der Waals surface area contributed by atoms with Gasteiger partial charge in [-0.3, -0.25) is 0 Å². The van der Waals surface area contributed by atoms with Gasteiger partial charge in [0.2, 0.25) is 0 Å². The van der Waals surface area contributed by atoms with E-state index in [2.05, 4.69) is 0 Å². The van der Waals surface area contributed by atoms with Crippen LogP contribution in [-0.4, -0.2) is 48.9 Å². The lowest BCUT2D eigenvalue weighted by atomic mass is 10.1. The van der Waals surface area contributed by atoms with Crippen LogP contribution in [0.5, 0.6) is 11.5 Å². The van der Waals surface area contributed by atoms with Crippen LogP contribution in [0.25, 0.3) is 0 Å². The van der Waals surface area contributed by atoms with E-state index in [9.17, 15) is 44.2 Å². The van der Waals surface area contributed by atoms with Crippen molar-refractivity contribution in [1.29, 1.82) is 0 Å². The van der Waals surface area contributed by atoms with Crippen molar-refractivity contribution in [3.63, 3.8) is 0 Å². The van der Waals surface area contributed by atoms with E-state index in [1.165, 1.54) is 60.7 Å². The van der Waals surface area contributed by atoms with E-state index in [0.717, 1.165) is 24.3 Å². The molecule has 1 atom stereocenters. The number of carbonyl (C=O) groups excluding carboxylic acids is 2. The molecule has 4 aromatic carbocycles. The number of hydrogen-bond donors (Lipinski definition) is 4. The van der Waals surface area contributed by atoms with E-state index >= 15 is 0 Å². The lowest BCUT2D eigenvalue weighted by molar-refractivity contribution is 0.0457. The third kappa shape index (κ3) is 7.05. The number of carbonyl (C=O) groups is 4. The molecule has 4 rings (SSSR count). The van der Waals surface area contributed by atoms with Crippen LogP contribution in [0, 0.1) is 0 Å². The molecule has 0 aliphatic rings. The fraction of sp³-hybridized carbons (Fsp3) is 0.0667. The van der Waals surface area contributed by atoms with Crippen molar-refractivity contribution in [2.45, 2.75) is 23.0 Å². The largest absolute Gasteiger partial charge is 0.606 e. The van der Waals surface area contributed by atoms with Crippen LogP contribution in [-0.2, 0) is 33.9 Å². The Hall–Kier alpha value is -5.33. The summed E-state index contributed by atoms with van der Waals surface area (Å²) in [5, 5.41) is 38.0. The van der Waals surface area contributed by atoms with Gasteiger partial charge in [0, 0.05) is 23.3 Å². The Morgan fingerprint density at radius 2 is 0.976 bits per heavy atom. The predicted molar refractivity (Wildman–Crippen MR) is 146 cm³/mol. The summed E-state index contributed by atoms with van der Waals surface area (Å²) in [6.45, 7) is -0.412. The number of benzene rings is 4. The van der Waals surface area contributed by atoms with Crippen molar-refractivity contribution in [3.8, 4) is 11.5 Å². The smallest absolute Gasteiger partial charge is 0.339 e. The highest BCUT2D eigenvalue weighted by atomic mass is 32.2. The Bertz CT molecular complexity index is 1650. The first-order valence-electron chi connectivity index (χ1n) is 12.1. The van der Waals surface area contributed by atoms with Crippen molar-refractivity contribution in [3.05, 3.63) is 118 Å². The minimum absolute atomic E-state index is 0.0125. The maximum atomic E-state index is 13.4. The summed E-state index contributed by atoms with van der Waals surface area (Å²) in [6.07, 6.45) is 0. The number of carboxylic acids is 2. The van der Waals surface area contributed by atoms with E-state index in [0.29, 0.717) is 11.1 Å². The fourth-order valence-corrected chi connectivity index (χ4v) is 4.87. The molecule has 0 aliphatic carbocycles. The molecule has 12 heteroatoms. The van der Waals surface area contributed by atoms with E-state index in [-0.39, 0.29) is 45.6 Å². The van der Waals surface area contributed by atoms with Gasteiger partial charge in [-0.2, -0.15) is 0 Å². The number of carboxylic acid groups (broad SMARTS) is 2. The Balaban J connectivity index is 1.56. The first-order valence-corrected chi connectivity index (χ1v) is 13.2. The molecule has 214 valence electrons. The zero-order valence-electron chi connectivity index (χ0n) is 21.6. The lowest BCUT2D eigenvalue weighted by Gasteiger charge is -2.14.